The minimum Gasteiger partial charge on any atom is -0.390 e. The molecule has 13 heteroatoms. The molecule has 0 aromatic carbocycles. The van der Waals surface area contributed by atoms with Crippen molar-refractivity contribution in [3.63, 3.8) is 0 Å². The summed E-state index contributed by atoms with van der Waals surface area (Å²) in [4.78, 5) is 38.0. The Hall–Kier alpha value is -3.66. The first-order valence-corrected chi connectivity index (χ1v) is 10.3. The molecule has 2 aromatic heterocycles. The third kappa shape index (κ3) is 5.98. The fourth-order valence-electron chi connectivity index (χ4n) is 3.48. The number of aliphatic hydroxyl groups is 1. The molecule has 1 fully saturated rings. The zero-order valence-corrected chi connectivity index (χ0v) is 17.7. The van der Waals surface area contributed by atoms with Gasteiger partial charge in [0.1, 0.15) is 11.9 Å². The molecule has 3 heterocycles. The maximum atomic E-state index is 14.5. The second kappa shape index (κ2) is 10.8. The summed E-state index contributed by atoms with van der Waals surface area (Å²) in [6, 6.07) is 3.18. The zero-order valence-electron chi connectivity index (χ0n) is 17.7. The normalized spacial score (nSPS) is 16.8. The van der Waals surface area contributed by atoms with E-state index in [0.717, 1.165) is 10.6 Å². The van der Waals surface area contributed by atoms with Gasteiger partial charge in [0.05, 0.1) is 37.0 Å². The van der Waals surface area contributed by atoms with Crippen molar-refractivity contribution in [1.29, 1.82) is 5.26 Å². The Morgan fingerprint density at radius 1 is 1.42 bits per heavy atom. The van der Waals surface area contributed by atoms with Gasteiger partial charge in [-0.3, -0.25) is 14.4 Å². The number of carbonyl (C=O) groups excluding carboxylic acids is 2. The molecule has 0 radical (unpaired) electrons. The number of amides is 2. The summed E-state index contributed by atoms with van der Waals surface area (Å²) in [7, 11) is 0. The number of aromatic nitrogens is 4. The minimum absolute atomic E-state index is 0.118. The summed E-state index contributed by atoms with van der Waals surface area (Å²) in [6.45, 7) is -0.168. The molecule has 0 bridgehead atoms. The number of aryl methyl sites for hydroxylation is 1. The lowest BCUT2D eigenvalue weighted by Crippen LogP contribution is -2.45. The van der Waals surface area contributed by atoms with E-state index in [4.69, 9.17) is 10.4 Å². The van der Waals surface area contributed by atoms with Crippen LogP contribution in [0.1, 0.15) is 25.0 Å². The van der Waals surface area contributed by atoms with Crippen LogP contribution in [0.5, 0.6) is 0 Å². The maximum absolute atomic E-state index is 14.5. The first kappa shape index (κ1) is 24.0. The molecule has 1 aliphatic heterocycles. The second-order valence-corrected chi connectivity index (χ2v) is 7.69. The molecule has 2 atom stereocenters. The Bertz CT molecular complexity index is 1110. The monoisotopic (exact) mass is 463 g/mol. The lowest BCUT2D eigenvalue weighted by Gasteiger charge is -2.28. The summed E-state index contributed by atoms with van der Waals surface area (Å²) in [6.07, 6.45) is 2.28. The van der Waals surface area contributed by atoms with Crippen molar-refractivity contribution in [3.8, 4) is 6.07 Å². The number of halogens is 2. The second-order valence-electron chi connectivity index (χ2n) is 7.69. The molecule has 3 rings (SSSR count). The smallest absolute Gasteiger partial charge is 0.313 e. The highest BCUT2D eigenvalue weighted by Crippen LogP contribution is 2.16. The number of carbonyl (C=O) groups is 2. The largest absolute Gasteiger partial charge is 0.390 e. The predicted octanol–water partition coefficient (Wildman–Crippen LogP) is 0.200. The zero-order chi connectivity index (χ0) is 24.0. The number of nitriles is 1. The SMILES string of the molecule is N#CC1CCCN(C(=O)C(=O)Nc2ccn(CCC(F)Cn3cc(CO)nn3)c(=O)c2F)C1. The van der Waals surface area contributed by atoms with Gasteiger partial charge in [-0.15, -0.1) is 5.10 Å². The van der Waals surface area contributed by atoms with Crippen LogP contribution in [0, 0.1) is 23.1 Å². The molecular formula is C20H23F2N7O4. The number of aliphatic hydroxyl groups excluding tert-OH is 1. The van der Waals surface area contributed by atoms with E-state index in [1.165, 1.54) is 22.0 Å². The molecule has 1 saturated heterocycles. The summed E-state index contributed by atoms with van der Waals surface area (Å²) in [5.74, 6) is -3.65. The van der Waals surface area contributed by atoms with Crippen molar-refractivity contribution in [2.45, 2.75) is 45.1 Å². The minimum atomic E-state index is -1.41. The molecule has 11 nitrogen and oxygen atoms in total. The number of rotatable bonds is 7. The third-order valence-corrected chi connectivity index (χ3v) is 5.26. The maximum Gasteiger partial charge on any atom is 0.313 e. The van der Waals surface area contributed by atoms with Gasteiger partial charge in [0.25, 0.3) is 5.56 Å². The Kier molecular flexibility index (Phi) is 7.83. The Morgan fingerprint density at radius 2 is 2.21 bits per heavy atom. The number of nitrogens with zero attached hydrogens (tertiary/aromatic N) is 6. The summed E-state index contributed by atoms with van der Waals surface area (Å²) in [5, 5.41) is 27.3. The lowest BCUT2D eigenvalue weighted by atomic mass is 10.00. The number of hydrogen-bond donors (Lipinski definition) is 2. The van der Waals surface area contributed by atoms with E-state index in [-0.39, 0.29) is 38.6 Å². The van der Waals surface area contributed by atoms with E-state index in [2.05, 4.69) is 21.7 Å². The highest BCUT2D eigenvalue weighted by Gasteiger charge is 2.28. The highest BCUT2D eigenvalue weighted by atomic mass is 19.1. The van der Waals surface area contributed by atoms with Crippen molar-refractivity contribution in [2.75, 3.05) is 18.4 Å². The molecule has 1 aliphatic rings. The molecule has 2 aromatic rings. The molecule has 176 valence electrons. The fourth-order valence-corrected chi connectivity index (χ4v) is 3.48. The van der Waals surface area contributed by atoms with Gasteiger partial charge in [0.15, 0.2) is 0 Å². The Balaban J connectivity index is 1.58. The molecule has 0 spiro atoms. The van der Waals surface area contributed by atoms with Crippen molar-refractivity contribution in [1.82, 2.24) is 24.5 Å². The molecule has 0 saturated carbocycles. The van der Waals surface area contributed by atoms with Gasteiger partial charge in [0.2, 0.25) is 5.82 Å². The van der Waals surface area contributed by atoms with Crippen LogP contribution in [0.25, 0.3) is 0 Å². The van der Waals surface area contributed by atoms with Gasteiger partial charge in [-0.05, 0) is 25.3 Å². The van der Waals surface area contributed by atoms with E-state index < -0.39 is 35.0 Å². The molecule has 33 heavy (non-hydrogen) atoms. The number of pyridine rings is 1. The van der Waals surface area contributed by atoms with Gasteiger partial charge in [-0.25, -0.2) is 9.07 Å². The van der Waals surface area contributed by atoms with Gasteiger partial charge < -0.3 is 19.9 Å². The van der Waals surface area contributed by atoms with E-state index in [1.807, 2.05) is 0 Å². The van der Waals surface area contributed by atoms with Gasteiger partial charge in [-0.1, -0.05) is 5.21 Å². The highest BCUT2D eigenvalue weighted by molar-refractivity contribution is 6.39. The summed E-state index contributed by atoms with van der Waals surface area (Å²) >= 11 is 0. The summed E-state index contributed by atoms with van der Waals surface area (Å²) in [5.41, 5.74) is -1.24. The van der Waals surface area contributed by atoms with Crippen LogP contribution in [-0.4, -0.2) is 60.6 Å². The van der Waals surface area contributed by atoms with Crippen LogP contribution in [0.2, 0.25) is 0 Å². The number of likely N-dealkylation sites (tertiary alicyclic amines) is 1. The topological polar surface area (TPSA) is 146 Å². The number of alkyl halides is 1. The standard InChI is InChI=1S/C20H23F2N7O4/c21-14(10-29-11-15(12-30)25-26-29)3-6-27-7-4-16(17(22)19(27)32)24-18(31)20(33)28-5-1-2-13(8-23)9-28/h4,7,11,13-14,30H,1-3,5-6,9-10,12H2,(H,24,31). The Morgan fingerprint density at radius 3 is 2.91 bits per heavy atom. The Labute approximate surface area is 187 Å². The van der Waals surface area contributed by atoms with Crippen LogP contribution in [0.15, 0.2) is 23.3 Å². The summed E-state index contributed by atoms with van der Waals surface area (Å²) < 4.78 is 30.9. The van der Waals surface area contributed by atoms with Crippen molar-refractivity contribution in [2.24, 2.45) is 5.92 Å². The average molecular weight is 463 g/mol. The molecule has 0 aliphatic carbocycles. The first-order chi connectivity index (χ1) is 15.8. The number of hydrogen-bond acceptors (Lipinski definition) is 7. The third-order valence-electron chi connectivity index (χ3n) is 5.26. The quantitative estimate of drug-likeness (QED) is 0.558. The van der Waals surface area contributed by atoms with Gasteiger partial charge >= 0.3 is 11.8 Å². The lowest BCUT2D eigenvalue weighted by molar-refractivity contribution is -0.144. The number of nitrogens with one attached hydrogen (secondary N) is 1. The van der Waals surface area contributed by atoms with E-state index in [9.17, 15) is 23.2 Å². The van der Waals surface area contributed by atoms with Gasteiger partial charge in [0, 0.05) is 25.8 Å². The van der Waals surface area contributed by atoms with Crippen LogP contribution in [0.4, 0.5) is 14.5 Å². The van der Waals surface area contributed by atoms with Crippen LogP contribution in [0.3, 0.4) is 0 Å². The van der Waals surface area contributed by atoms with E-state index in [1.54, 1.807) is 0 Å². The predicted molar refractivity (Wildman–Crippen MR) is 110 cm³/mol. The molecule has 2 amide bonds. The van der Waals surface area contributed by atoms with Crippen LogP contribution < -0.4 is 10.9 Å². The van der Waals surface area contributed by atoms with E-state index in [0.29, 0.717) is 25.1 Å². The average Bonchev–Trinajstić information content (AvgIpc) is 3.28. The number of anilines is 1. The van der Waals surface area contributed by atoms with Crippen molar-refractivity contribution in [3.05, 3.63) is 40.3 Å². The van der Waals surface area contributed by atoms with Crippen molar-refractivity contribution >= 4 is 17.5 Å². The number of piperidine rings is 1. The van der Waals surface area contributed by atoms with Crippen LogP contribution >= 0.6 is 0 Å². The van der Waals surface area contributed by atoms with Gasteiger partial charge in [-0.2, -0.15) is 9.65 Å². The van der Waals surface area contributed by atoms with Crippen molar-refractivity contribution < 1.29 is 23.5 Å². The fraction of sp³-hybridized carbons (Fsp3) is 0.500. The molecular weight excluding hydrogens is 440 g/mol. The molecule has 2 N–H and O–H groups in total. The molecule has 2 unspecified atom stereocenters. The van der Waals surface area contributed by atoms with E-state index >= 15 is 0 Å². The van der Waals surface area contributed by atoms with Crippen LogP contribution in [-0.2, 0) is 29.3 Å². The first-order valence-electron chi connectivity index (χ1n) is 10.3.